The molecule has 1 aromatic heterocycles. The zero-order valence-corrected chi connectivity index (χ0v) is 15.7. The number of rotatable bonds is 6. The van der Waals surface area contributed by atoms with Gasteiger partial charge in [0.2, 0.25) is 0 Å². The van der Waals surface area contributed by atoms with E-state index < -0.39 is 0 Å². The Morgan fingerprint density at radius 1 is 1.33 bits per heavy atom. The van der Waals surface area contributed by atoms with Crippen molar-refractivity contribution in [3.63, 3.8) is 0 Å². The quantitative estimate of drug-likeness (QED) is 0.776. The summed E-state index contributed by atoms with van der Waals surface area (Å²) in [5.41, 5.74) is 1.98. The zero-order chi connectivity index (χ0) is 19.2. The molecule has 144 valence electrons. The summed E-state index contributed by atoms with van der Waals surface area (Å²) in [6.07, 6.45) is 3.43. The fourth-order valence-electron chi connectivity index (χ4n) is 3.25. The summed E-state index contributed by atoms with van der Waals surface area (Å²) in [4.78, 5) is 26.8. The lowest BCUT2D eigenvalue weighted by molar-refractivity contribution is 0.0670. The molecule has 8 heteroatoms. The highest BCUT2D eigenvalue weighted by atomic mass is 16.5. The highest BCUT2D eigenvalue weighted by Gasteiger charge is 2.27. The molecule has 2 heterocycles. The van der Waals surface area contributed by atoms with Crippen LogP contribution >= 0.6 is 0 Å². The van der Waals surface area contributed by atoms with Crippen molar-refractivity contribution in [2.24, 2.45) is 0 Å². The van der Waals surface area contributed by atoms with Crippen molar-refractivity contribution in [3.8, 4) is 0 Å². The maximum Gasteiger partial charge on any atom is 0.273 e. The van der Waals surface area contributed by atoms with E-state index in [-0.39, 0.29) is 23.6 Å². The molecule has 1 aliphatic heterocycles. The molecule has 2 amide bonds. The average Bonchev–Trinajstić information content (AvgIpc) is 3.18. The molecule has 2 aromatic rings. The van der Waals surface area contributed by atoms with Gasteiger partial charge in [0, 0.05) is 32.3 Å². The number of benzene rings is 1. The standard InChI is InChI=1S/C19H25N5O3/c1-14-6-3-4-8-16(14)19(26)23-10-5-7-15(12-23)24-13-17(21-22-24)18(25)20-9-11-27-2/h3-4,6,8,13,15H,5,7,9-12H2,1-2H3,(H,20,25). The van der Waals surface area contributed by atoms with Gasteiger partial charge < -0.3 is 15.0 Å². The summed E-state index contributed by atoms with van der Waals surface area (Å²) in [7, 11) is 1.58. The molecule has 0 radical (unpaired) electrons. The van der Waals surface area contributed by atoms with E-state index in [0.717, 1.165) is 30.5 Å². The molecule has 0 saturated carbocycles. The van der Waals surface area contributed by atoms with E-state index in [1.807, 2.05) is 36.1 Å². The summed E-state index contributed by atoms with van der Waals surface area (Å²) >= 11 is 0. The van der Waals surface area contributed by atoms with Crippen LogP contribution in [-0.4, -0.2) is 65.1 Å². The summed E-state index contributed by atoms with van der Waals surface area (Å²) in [5.74, 6) is -0.239. The van der Waals surface area contributed by atoms with Crippen molar-refractivity contribution in [2.45, 2.75) is 25.8 Å². The molecule has 1 saturated heterocycles. The van der Waals surface area contributed by atoms with Crippen LogP contribution in [0.15, 0.2) is 30.5 Å². The van der Waals surface area contributed by atoms with E-state index in [4.69, 9.17) is 4.74 Å². The number of aromatic nitrogens is 3. The SMILES string of the molecule is COCCNC(=O)c1cn(C2CCCN(C(=O)c3ccccc3C)C2)nn1. The largest absolute Gasteiger partial charge is 0.383 e. The maximum atomic E-state index is 12.9. The molecule has 1 unspecified atom stereocenters. The minimum absolute atomic E-state index is 0.0137. The summed E-state index contributed by atoms with van der Waals surface area (Å²) in [5, 5.41) is 10.8. The minimum atomic E-state index is -0.276. The molecule has 27 heavy (non-hydrogen) atoms. The summed E-state index contributed by atoms with van der Waals surface area (Å²) in [6.45, 7) is 4.09. The van der Waals surface area contributed by atoms with E-state index in [9.17, 15) is 9.59 Å². The second-order valence-electron chi connectivity index (χ2n) is 6.69. The average molecular weight is 371 g/mol. The Balaban J connectivity index is 1.65. The molecule has 1 fully saturated rings. The molecular formula is C19H25N5O3. The topological polar surface area (TPSA) is 89.4 Å². The number of amides is 2. The maximum absolute atomic E-state index is 12.9. The van der Waals surface area contributed by atoms with Crippen molar-refractivity contribution in [1.82, 2.24) is 25.2 Å². The second kappa shape index (κ2) is 8.77. The predicted octanol–water partition coefficient (Wildman–Crippen LogP) is 1.44. The van der Waals surface area contributed by atoms with Crippen LogP contribution < -0.4 is 5.32 Å². The van der Waals surface area contributed by atoms with Gasteiger partial charge in [0.1, 0.15) is 0 Å². The third kappa shape index (κ3) is 4.51. The highest BCUT2D eigenvalue weighted by Crippen LogP contribution is 2.23. The number of methoxy groups -OCH3 is 1. The van der Waals surface area contributed by atoms with Crippen molar-refractivity contribution < 1.29 is 14.3 Å². The van der Waals surface area contributed by atoms with Gasteiger partial charge in [-0.3, -0.25) is 9.59 Å². The van der Waals surface area contributed by atoms with Crippen molar-refractivity contribution in [3.05, 3.63) is 47.3 Å². The Bertz CT molecular complexity index is 804. The number of hydrogen-bond acceptors (Lipinski definition) is 5. The van der Waals surface area contributed by atoms with Gasteiger partial charge in [-0.05, 0) is 31.4 Å². The third-order valence-corrected chi connectivity index (χ3v) is 4.77. The molecule has 0 spiro atoms. The van der Waals surface area contributed by atoms with Crippen molar-refractivity contribution in [1.29, 1.82) is 0 Å². The van der Waals surface area contributed by atoms with Crippen molar-refractivity contribution in [2.75, 3.05) is 33.4 Å². The molecular weight excluding hydrogens is 346 g/mol. The number of carbonyl (C=O) groups excluding carboxylic acids is 2. The molecule has 1 aromatic carbocycles. The smallest absolute Gasteiger partial charge is 0.273 e. The number of hydrogen-bond donors (Lipinski definition) is 1. The number of nitrogens with one attached hydrogen (secondary N) is 1. The van der Waals surface area contributed by atoms with Crippen LogP contribution in [-0.2, 0) is 4.74 Å². The molecule has 0 aliphatic carbocycles. The van der Waals surface area contributed by atoms with E-state index in [1.54, 1.807) is 18.0 Å². The molecule has 1 N–H and O–H groups in total. The third-order valence-electron chi connectivity index (χ3n) is 4.77. The lowest BCUT2D eigenvalue weighted by Gasteiger charge is -2.33. The van der Waals surface area contributed by atoms with Gasteiger partial charge in [-0.2, -0.15) is 0 Å². The minimum Gasteiger partial charge on any atom is -0.383 e. The second-order valence-corrected chi connectivity index (χ2v) is 6.69. The van der Waals surface area contributed by atoms with Gasteiger partial charge in [0.25, 0.3) is 11.8 Å². The summed E-state index contributed by atoms with van der Waals surface area (Å²) < 4.78 is 6.61. The van der Waals surface area contributed by atoms with Gasteiger partial charge in [0.05, 0.1) is 18.8 Å². The van der Waals surface area contributed by atoms with E-state index in [0.29, 0.717) is 19.7 Å². The number of likely N-dealkylation sites (tertiary alicyclic amines) is 1. The Hall–Kier alpha value is -2.74. The number of nitrogens with zero attached hydrogens (tertiary/aromatic N) is 4. The number of carbonyl (C=O) groups is 2. The van der Waals surface area contributed by atoms with Gasteiger partial charge in [-0.25, -0.2) is 4.68 Å². The van der Waals surface area contributed by atoms with Crippen LogP contribution in [0.1, 0.15) is 45.3 Å². The van der Waals surface area contributed by atoms with Crippen LogP contribution in [0.25, 0.3) is 0 Å². The fraction of sp³-hybridized carbons (Fsp3) is 0.474. The number of aryl methyl sites for hydroxylation is 1. The van der Waals surface area contributed by atoms with Crippen LogP contribution in [0.2, 0.25) is 0 Å². The zero-order valence-electron chi connectivity index (χ0n) is 15.7. The first-order valence-corrected chi connectivity index (χ1v) is 9.14. The molecule has 3 rings (SSSR count). The lowest BCUT2D eigenvalue weighted by atomic mass is 10.0. The van der Waals surface area contributed by atoms with Crippen molar-refractivity contribution >= 4 is 11.8 Å². The Labute approximate surface area is 158 Å². The Kier molecular flexibility index (Phi) is 6.18. The van der Waals surface area contributed by atoms with Crippen LogP contribution in [0.3, 0.4) is 0 Å². The van der Waals surface area contributed by atoms with Gasteiger partial charge in [-0.15, -0.1) is 5.10 Å². The normalized spacial score (nSPS) is 17.0. The first kappa shape index (κ1) is 19.0. The fourth-order valence-corrected chi connectivity index (χ4v) is 3.25. The van der Waals surface area contributed by atoms with E-state index in [1.165, 1.54) is 0 Å². The predicted molar refractivity (Wildman–Crippen MR) is 99.6 cm³/mol. The molecule has 0 bridgehead atoms. The van der Waals surface area contributed by atoms with Crippen LogP contribution in [0.4, 0.5) is 0 Å². The van der Waals surface area contributed by atoms with Crippen LogP contribution in [0, 0.1) is 6.92 Å². The van der Waals surface area contributed by atoms with Gasteiger partial charge >= 0.3 is 0 Å². The summed E-state index contributed by atoms with van der Waals surface area (Å²) in [6, 6.07) is 7.63. The van der Waals surface area contributed by atoms with E-state index in [2.05, 4.69) is 15.6 Å². The monoisotopic (exact) mass is 371 g/mol. The number of piperidine rings is 1. The highest BCUT2D eigenvalue weighted by molar-refractivity contribution is 5.95. The lowest BCUT2D eigenvalue weighted by Crippen LogP contribution is -2.41. The molecule has 1 aliphatic rings. The number of ether oxygens (including phenoxy) is 1. The van der Waals surface area contributed by atoms with Gasteiger partial charge in [0.15, 0.2) is 5.69 Å². The Morgan fingerprint density at radius 3 is 2.93 bits per heavy atom. The van der Waals surface area contributed by atoms with E-state index >= 15 is 0 Å². The van der Waals surface area contributed by atoms with Crippen LogP contribution in [0.5, 0.6) is 0 Å². The van der Waals surface area contributed by atoms with Gasteiger partial charge in [-0.1, -0.05) is 23.4 Å². The molecule has 8 nitrogen and oxygen atoms in total. The first-order valence-electron chi connectivity index (χ1n) is 9.14. The first-order chi connectivity index (χ1) is 13.1. The molecule has 1 atom stereocenters. The Morgan fingerprint density at radius 2 is 2.15 bits per heavy atom.